The lowest BCUT2D eigenvalue weighted by Gasteiger charge is -2.37. The highest BCUT2D eigenvalue weighted by Gasteiger charge is 2.24. The standard InChI is InChI=1S/C14H23N3O3S/c1-16-7-8-17(2)13(10-16)9-15-21(19,20)14-5-3-12(11-18)4-6-14/h3-6,13,15,18H,7-11H2,1-2H3. The lowest BCUT2D eigenvalue weighted by Crippen LogP contribution is -2.54. The van der Waals surface area contributed by atoms with Crippen molar-refractivity contribution in [1.82, 2.24) is 14.5 Å². The highest BCUT2D eigenvalue weighted by atomic mass is 32.2. The molecule has 21 heavy (non-hydrogen) atoms. The molecule has 0 radical (unpaired) electrons. The number of nitrogens with one attached hydrogen (secondary N) is 1. The summed E-state index contributed by atoms with van der Waals surface area (Å²) in [4.78, 5) is 4.61. The quantitative estimate of drug-likeness (QED) is 0.781. The average molecular weight is 313 g/mol. The summed E-state index contributed by atoms with van der Waals surface area (Å²) < 4.78 is 27.2. The number of benzene rings is 1. The van der Waals surface area contributed by atoms with Crippen molar-refractivity contribution in [3.8, 4) is 0 Å². The Balaban J connectivity index is 2.00. The molecule has 118 valence electrons. The first kappa shape index (κ1) is 16.4. The van der Waals surface area contributed by atoms with Gasteiger partial charge in [-0.2, -0.15) is 0 Å². The van der Waals surface area contributed by atoms with E-state index in [0.717, 1.165) is 19.6 Å². The lowest BCUT2D eigenvalue weighted by molar-refractivity contribution is 0.117. The molecule has 0 aliphatic carbocycles. The van der Waals surface area contributed by atoms with E-state index < -0.39 is 10.0 Å². The summed E-state index contributed by atoms with van der Waals surface area (Å²) in [7, 11) is 0.557. The fraction of sp³-hybridized carbons (Fsp3) is 0.571. The predicted octanol–water partition coefficient (Wildman–Crippen LogP) is -0.297. The van der Waals surface area contributed by atoms with Gasteiger partial charge in [0, 0.05) is 32.2 Å². The average Bonchev–Trinajstić information content (AvgIpc) is 2.48. The van der Waals surface area contributed by atoms with E-state index in [1.807, 2.05) is 14.1 Å². The minimum Gasteiger partial charge on any atom is -0.392 e. The van der Waals surface area contributed by atoms with Crippen LogP contribution >= 0.6 is 0 Å². The fourth-order valence-corrected chi connectivity index (χ4v) is 3.46. The molecular formula is C14H23N3O3S. The van der Waals surface area contributed by atoms with Gasteiger partial charge in [0.2, 0.25) is 10.0 Å². The van der Waals surface area contributed by atoms with Gasteiger partial charge in [-0.1, -0.05) is 12.1 Å². The minimum absolute atomic E-state index is 0.0903. The minimum atomic E-state index is -3.50. The molecule has 0 saturated carbocycles. The number of aliphatic hydroxyl groups excluding tert-OH is 1. The largest absolute Gasteiger partial charge is 0.392 e. The van der Waals surface area contributed by atoms with Gasteiger partial charge in [-0.05, 0) is 31.8 Å². The first-order valence-corrected chi connectivity index (χ1v) is 8.49. The summed E-state index contributed by atoms with van der Waals surface area (Å²) in [6.07, 6.45) is 0. The molecule has 0 aromatic heterocycles. The van der Waals surface area contributed by atoms with Gasteiger partial charge in [0.05, 0.1) is 11.5 Å². The van der Waals surface area contributed by atoms with E-state index in [0.29, 0.717) is 12.1 Å². The molecule has 1 fully saturated rings. The van der Waals surface area contributed by atoms with Gasteiger partial charge < -0.3 is 10.0 Å². The van der Waals surface area contributed by atoms with Gasteiger partial charge in [-0.15, -0.1) is 0 Å². The smallest absolute Gasteiger partial charge is 0.240 e. The van der Waals surface area contributed by atoms with Crippen LogP contribution in [0.3, 0.4) is 0 Å². The molecule has 2 rings (SSSR count). The third kappa shape index (κ3) is 4.24. The van der Waals surface area contributed by atoms with Crippen molar-refractivity contribution < 1.29 is 13.5 Å². The summed E-state index contributed by atoms with van der Waals surface area (Å²) in [5.74, 6) is 0. The summed E-state index contributed by atoms with van der Waals surface area (Å²) >= 11 is 0. The Kier molecular flexibility index (Phi) is 5.34. The highest BCUT2D eigenvalue weighted by molar-refractivity contribution is 7.89. The van der Waals surface area contributed by atoms with Crippen LogP contribution in [0.4, 0.5) is 0 Å². The van der Waals surface area contributed by atoms with Crippen LogP contribution in [0.15, 0.2) is 29.2 Å². The van der Waals surface area contributed by atoms with Crippen LogP contribution in [0.25, 0.3) is 0 Å². The van der Waals surface area contributed by atoms with Crippen molar-refractivity contribution in [1.29, 1.82) is 0 Å². The summed E-state index contributed by atoms with van der Waals surface area (Å²) in [5.41, 5.74) is 0.697. The second-order valence-electron chi connectivity index (χ2n) is 5.55. The first-order chi connectivity index (χ1) is 9.92. The molecule has 1 aromatic carbocycles. The third-order valence-electron chi connectivity index (χ3n) is 3.91. The van der Waals surface area contributed by atoms with Gasteiger partial charge in [0.15, 0.2) is 0 Å². The zero-order valence-corrected chi connectivity index (χ0v) is 13.3. The zero-order chi connectivity index (χ0) is 15.5. The fourth-order valence-electron chi connectivity index (χ4n) is 2.39. The monoisotopic (exact) mass is 313 g/mol. The molecular weight excluding hydrogens is 290 g/mol. The van der Waals surface area contributed by atoms with E-state index >= 15 is 0 Å². The number of piperazine rings is 1. The molecule has 0 amide bonds. The molecule has 7 heteroatoms. The Bertz CT molecular complexity index is 559. The van der Waals surface area contributed by atoms with Crippen LogP contribution in [-0.4, -0.2) is 69.6 Å². The summed E-state index contributed by atoms with van der Waals surface area (Å²) in [6.45, 7) is 3.09. The number of likely N-dealkylation sites (N-methyl/N-ethyl adjacent to an activating group) is 2. The second kappa shape index (κ2) is 6.85. The summed E-state index contributed by atoms with van der Waals surface area (Å²) in [6, 6.07) is 6.45. The van der Waals surface area contributed by atoms with E-state index in [9.17, 15) is 8.42 Å². The van der Waals surface area contributed by atoms with Crippen LogP contribution in [0.5, 0.6) is 0 Å². The zero-order valence-electron chi connectivity index (χ0n) is 12.5. The molecule has 1 unspecified atom stereocenters. The molecule has 6 nitrogen and oxygen atoms in total. The Morgan fingerprint density at radius 1 is 1.24 bits per heavy atom. The van der Waals surface area contributed by atoms with Crippen molar-refractivity contribution >= 4 is 10.0 Å². The van der Waals surface area contributed by atoms with Crippen LogP contribution < -0.4 is 4.72 Å². The van der Waals surface area contributed by atoms with Crippen LogP contribution in [0.1, 0.15) is 5.56 Å². The Morgan fingerprint density at radius 3 is 2.52 bits per heavy atom. The van der Waals surface area contributed by atoms with Crippen LogP contribution in [-0.2, 0) is 16.6 Å². The highest BCUT2D eigenvalue weighted by Crippen LogP contribution is 2.11. The molecule has 0 spiro atoms. The van der Waals surface area contributed by atoms with Crippen molar-refractivity contribution in [2.45, 2.75) is 17.5 Å². The number of nitrogens with zero attached hydrogens (tertiary/aromatic N) is 2. The van der Waals surface area contributed by atoms with Gasteiger partial charge in [-0.25, -0.2) is 13.1 Å². The van der Waals surface area contributed by atoms with E-state index in [2.05, 4.69) is 14.5 Å². The maximum atomic E-state index is 12.3. The van der Waals surface area contributed by atoms with Crippen LogP contribution in [0.2, 0.25) is 0 Å². The second-order valence-corrected chi connectivity index (χ2v) is 7.32. The maximum absolute atomic E-state index is 12.3. The number of rotatable bonds is 5. The van der Waals surface area contributed by atoms with E-state index in [-0.39, 0.29) is 17.5 Å². The molecule has 1 aliphatic heterocycles. The normalized spacial score (nSPS) is 21.6. The van der Waals surface area contributed by atoms with Crippen LogP contribution in [0, 0.1) is 0 Å². The van der Waals surface area contributed by atoms with Crippen molar-refractivity contribution in [3.63, 3.8) is 0 Å². The van der Waals surface area contributed by atoms with Crippen molar-refractivity contribution in [2.24, 2.45) is 0 Å². The van der Waals surface area contributed by atoms with E-state index in [1.54, 1.807) is 12.1 Å². The molecule has 1 heterocycles. The molecule has 1 atom stereocenters. The SMILES string of the molecule is CN1CCN(C)C(CNS(=O)(=O)c2ccc(CO)cc2)C1. The number of sulfonamides is 1. The van der Waals surface area contributed by atoms with Gasteiger partial charge >= 0.3 is 0 Å². The van der Waals surface area contributed by atoms with E-state index in [1.165, 1.54) is 12.1 Å². The Morgan fingerprint density at radius 2 is 1.90 bits per heavy atom. The molecule has 2 N–H and O–H groups in total. The number of aliphatic hydroxyl groups is 1. The van der Waals surface area contributed by atoms with Gasteiger partial charge in [0.25, 0.3) is 0 Å². The Hall–Kier alpha value is -0.990. The van der Waals surface area contributed by atoms with Crippen molar-refractivity contribution in [2.75, 3.05) is 40.3 Å². The Labute approximate surface area is 126 Å². The third-order valence-corrected chi connectivity index (χ3v) is 5.34. The molecule has 1 saturated heterocycles. The number of hydrogen-bond donors (Lipinski definition) is 2. The molecule has 1 aromatic rings. The topological polar surface area (TPSA) is 72.9 Å². The summed E-state index contributed by atoms with van der Waals surface area (Å²) in [5, 5.41) is 8.98. The van der Waals surface area contributed by atoms with Gasteiger partial charge in [0.1, 0.15) is 0 Å². The molecule has 0 bridgehead atoms. The number of hydrogen-bond acceptors (Lipinski definition) is 5. The predicted molar refractivity (Wildman–Crippen MR) is 81.5 cm³/mol. The van der Waals surface area contributed by atoms with Gasteiger partial charge in [-0.3, -0.25) is 4.90 Å². The van der Waals surface area contributed by atoms with Crippen molar-refractivity contribution in [3.05, 3.63) is 29.8 Å². The molecule has 1 aliphatic rings. The maximum Gasteiger partial charge on any atom is 0.240 e. The lowest BCUT2D eigenvalue weighted by atomic mass is 10.2. The van der Waals surface area contributed by atoms with E-state index in [4.69, 9.17) is 5.11 Å². The first-order valence-electron chi connectivity index (χ1n) is 7.00.